The predicted octanol–water partition coefficient (Wildman–Crippen LogP) is 1.55. The van der Waals surface area contributed by atoms with Crippen LogP contribution in [0.15, 0.2) is 18.2 Å². The Labute approximate surface area is 82.0 Å². The van der Waals surface area contributed by atoms with Crippen molar-refractivity contribution < 1.29 is 15.0 Å². The molecule has 4 N–H and O–H groups in total. The van der Waals surface area contributed by atoms with Crippen LogP contribution in [-0.4, -0.2) is 16.2 Å². The Morgan fingerprint density at radius 2 is 2.21 bits per heavy atom. The summed E-state index contributed by atoms with van der Waals surface area (Å²) in [6, 6.07) is 4.53. The number of nitrogen functional groups attached to an aromatic ring is 1. The first-order valence-electron chi connectivity index (χ1n) is 4.37. The predicted molar refractivity (Wildman–Crippen MR) is 53.2 cm³/mol. The van der Waals surface area contributed by atoms with Gasteiger partial charge in [-0.25, -0.2) is 0 Å². The van der Waals surface area contributed by atoms with Crippen molar-refractivity contribution in [1.82, 2.24) is 0 Å². The highest BCUT2D eigenvalue weighted by Gasteiger charge is 2.18. The van der Waals surface area contributed by atoms with E-state index in [4.69, 9.17) is 10.8 Å². The van der Waals surface area contributed by atoms with Gasteiger partial charge in [-0.3, -0.25) is 4.79 Å². The molecule has 0 saturated carbocycles. The topological polar surface area (TPSA) is 83.5 Å². The molecule has 4 heteroatoms. The van der Waals surface area contributed by atoms with E-state index < -0.39 is 11.9 Å². The molecule has 0 aliphatic carbocycles. The molecule has 4 nitrogen and oxygen atoms in total. The number of rotatable bonds is 3. The van der Waals surface area contributed by atoms with Crippen LogP contribution in [0.1, 0.15) is 24.8 Å². The Morgan fingerprint density at radius 3 is 2.64 bits per heavy atom. The van der Waals surface area contributed by atoms with E-state index >= 15 is 0 Å². The van der Waals surface area contributed by atoms with Gasteiger partial charge in [0.1, 0.15) is 5.75 Å². The zero-order valence-corrected chi connectivity index (χ0v) is 7.90. The van der Waals surface area contributed by atoms with Crippen LogP contribution in [0.4, 0.5) is 5.69 Å². The summed E-state index contributed by atoms with van der Waals surface area (Å²) in [4.78, 5) is 10.8. The van der Waals surface area contributed by atoms with Crippen LogP contribution >= 0.6 is 0 Å². The average Bonchev–Trinajstić information content (AvgIpc) is 2.11. The maximum absolute atomic E-state index is 10.8. The Balaban J connectivity index is 3.06. The minimum absolute atomic E-state index is 0.0674. The Morgan fingerprint density at radius 1 is 1.57 bits per heavy atom. The lowest BCUT2D eigenvalue weighted by molar-refractivity contribution is -0.138. The number of nitrogens with two attached hydrogens (primary N) is 1. The third kappa shape index (κ3) is 1.96. The van der Waals surface area contributed by atoms with E-state index in [1.54, 1.807) is 13.0 Å². The van der Waals surface area contributed by atoms with E-state index in [1.165, 1.54) is 12.1 Å². The second-order valence-corrected chi connectivity index (χ2v) is 3.12. The summed E-state index contributed by atoms with van der Waals surface area (Å²) in [6.07, 6.45) is 0.485. The second-order valence-electron chi connectivity index (χ2n) is 3.12. The summed E-state index contributed by atoms with van der Waals surface area (Å²) in [5.74, 6) is -1.54. The third-order valence-corrected chi connectivity index (χ3v) is 2.16. The number of hydrogen-bond donors (Lipinski definition) is 3. The molecule has 1 atom stereocenters. The molecule has 0 amide bonds. The molecular formula is C10H13NO3. The number of benzene rings is 1. The molecule has 14 heavy (non-hydrogen) atoms. The molecule has 1 aromatic carbocycles. The van der Waals surface area contributed by atoms with Crippen LogP contribution < -0.4 is 5.73 Å². The van der Waals surface area contributed by atoms with Crippen LogP contribution in [0.3, 0.4) is 0 Å². The number of carboxylic acids is 1. The van der Waals surface area contributed by atoms with Crippen LogP contribution in [0.2, 0.25) is 0 Å². The van der Waals surface area contributed by atoms with Gasteiger partial charge in [0.2, 0.25) is 0 Å². The number of aromatic hydroxyl groups is 1. The number of carboxylic acid groups (broad SMARTS) is 1. The summed E-state index contributed by atoms with van der Waals surface area (Å²) < 4.78 is 0. The number of phenols is 1. The Bertz CT molecular complexity index is 349. The molecule has 0 heterocycles. The highest BCUT2D eigenvalue weighted by atomic mass is 16.4. The van der Waals surface area contributed by atoms with Gasteiger partial charge in [0.05, 0.1) is 11.6 Å². The molecule has 0 aliphatic rings. The normalized spacial score (nSPS) is 12.4. The molecule has 0 aliphatic heterocycles. The molecule has 0 bridgehead atoms. The van der Waals surface area contributed by atoms with Crippen LogP contribution in [0.5, 0.6) is 5.75 Å². The van der Waals surface area contributed by atoms with Gasteiger partial charge in [-0.1, -0.05) is 13.0 Å². The van der Waals surface area contributed by atoms with Gasteiger partial charge < -0.3 is 15.9 Å². The number of phenolic OH excluding ortho intramolecular Hbond substituents is 1. The first-order valence-corrected chi connectivity index (χ1v) is 4.37. The van der Waals surface area contributed by atoms with Gasteiger partial charge in [0.25, 0.3) is 0 Å². The summed E-state index contributed by atoms with van der Waals surface area (Å²) >= 11 is 0. The standard InChI is InChI=1S/C10H13NO3/c1-2-7(10(13)14)6-3-4-8(11)9(12)5-6/h3-5,7,12H,2,11H2,1H3,(H,13,14)/t7-/m1/s1. The molecule has 1 aromatic rings. The fraction of sp³-hybridized carbons (Fsp3) is 0.300. The first kappa shape index (κ1) is 10.4. The quantitative estimate of drug-likeness (QED) is 0.504. The van der Waals surface area contributed by atoms with Crippen LogP contribution in [0.25, 0.3) is 0 Å². The lowest BCUT2D eigenvalue weighted by Crippen LogP contribution is -2.10. The molecule has 0 radical (unpaired) electrons. The SMILES string of the molecule is CC[C@@H](C(=O)O)c1ccc(N)c(O)c1. The number of carbonyl (C=O) groups is 1. The van der Waals surface area contributed by atoms with Crippen LogP contribution in [-0.2, 0) is 4.79 Å². The van der Waals surface area contributed by atoms with Gasteiger partial charge in [-0.05, 0) is 24.1 Å². The lowest BCUT2D eigenvalue weighted by Gasteiger charge is -2.10. The van der Waals surface area contributed by atoms with Gasteiger partial charge >= 0.3 is 5.97 Å². The third-order valence-electron chi connectivity index (χ3n) is 2.16. The lowest BCUT2D eigenvalue weighted by atomic mass is 9.96. The van der Waals surface area contributed by atoms with Crippen molar-refractivity contribution >= 4 is 11.7 Å². The second kappa shape index (κ2) is 4.00. The molecule has 0 saturated heterocycles. The minimum Gasteiger partial charge on any atom is -0.506 e. The monoisotopic (exact) mass is 195 g/mol. The summed E-state index contributed by atoms with van der Waals surface area (Å²) in [5, 5.41) is 18.2. The Kier molecular flexibility index (Phi) is 2.96. The molecule has 0 unspecified atom stereocenters. The van der Waals surface area contributed by atoms with Gasteiger partial charge in [-0.15, -0.1) is 0 Å². The van der Waals surface area contributed by atoms with Crippen molar-refractivity contribution in [3.63, 3.8) is 0 Å². The molecule has 0 spiro atoms. The van der Waals surface area contributed by atoms with Gasteiger partial charge in [0.15, 0.2) is 0 Å². The van der Waals surface area contributed by atoms with Gasteiger partial charge in [-0.2, -0.15) is 0 Å². The van der Waals surface area contributed by atoms with Crippen molar-refractivity contribution in [3.8, 4) is 5.75 Å². The van der Waals surface area contributed by atoms with Crippen molar-refractivity contribution in [1.29, 1.82) is 0 Å². The number of aliphatic carboxylic acids is 1. The molecule has 0 aromatic heterocycles. The Hall–Kier alpha value is -1.71. The summed E-state index contributed by atoms with van der Waals surface area (Å²) in [5.41, 5.74) is 6.24. The summed E-state index contributed by atoms with van der Waals surface area (Å²) in [6.45, 7) is 1.78. The van der Waals surface area contributed by atoms with Crippen molar-refractivity contribution in [3.05, 3.63) is 23.8 Å². The first-order chi connectivity index (χ1) is 6.56. The average molecular weight is 195 g/mol. The number of hydrogen-bond acceptors (Lipinski definition) is 3. The van der Waals surface area contributed by atoms with Crippen molar-refractivity contribution in [2.75, 3.05) is 5.73 Å². The molecule has 0 fully saturated rings. The van der Waals surface area contributed by atoms with Crippen molar-refractivity contribution in [2.45, 2.75) is 19.3 Å². The molecular weight excluding hydrogens is 182 g/mol. The largest absolute Gasteiger partial charge is 0.506 e. The maximum atomic E-state index is 10.8. The zero-order chi connectivity index (χ0) is 10.7. The highest BCUT2D eigenvalue weighted by molar-refractivity contribution is 5.76. The fourth-order valence-corrected chi connectivity index (χ4v) is 1.33. The van der Waals surface area contributed by atoms with E-state index in [-0.39, 0.29) is 11.4 Å². The minimum atomic E-state index is -0.892. The van der Waals surface area contributed by atoms with E-state index in [9.17, 15) is 9.90 Å². The molecule has 76 valence electrons. The van der Waals surface area contributed by atoms with Gasteiger partial charge in [0, 0.05) is 0 Å². The highest BCUT2D eigenvalue weighted by Crippen LogP contribution is 2.27. The number of anilines is 1. The smallest absolute Gasteiger partial charge is 0.310 e. The fourth-order valence-electron chi connectivity index (χ4n) is 1.33. The zero-order valence-electron chi connectivity index (χ0n) is 7.90. The molecule has 1 rings (SSSR count). The summed E-state index contributed by atoms with van der Waals surface area (Å²) in [7, 11) is 0. The van der Waals surface area contributed by atoms with Crippen LogP contribution in [0, 0.1) is 0 Å². The maximum Gasteiger partial charge on any atom is 0.310 e. The van der Waals surface area contributed by atoms with E-state index in [0.29, 0.717) is 12.0 Å². The van der Waals surface area contributed by atoms with E-state index in [2.05, 4.69) is 0 Å². The van der Waals surface area contributed by atoms with E-state index in [0.717, 1.165) is 0 Å². The van der Waals surface area contributed by atoms with E-state index in [1.807, 2.05) is 0 Å². The van der Waals surface area contributed by atoms with Crippen molar-refractivity contribution in [2.24, 2.45) is 0 Å².